The molecule has 0 radical (unpaired) electrons. The highest BCUT2D eigenvalue weighted by atomic mass is 16.2. The van der Waals surface area contributed by atoms with Crippen LogP contribution in [-0.2, 0) is 11.3 Å². The highest BCUT2D eigenvalue weighted by Crippen LogP contribution is 2.18. The third kappa shape index (κ3) is 3.72. The molecule has 0 aromatic carbocycles. The molecule has 2 unspecified atom stereocenters. The number of carbonyl (C=O) groups excluding carboxylic acids is 2. The number of amides is 2. The molecule has 1 aromatic rings. The summed E-state index contributed by atoms with van der Waals surface area (Å²) in [7, 11) is 0. The normalized spacial score (nSPS) is 25.1. The van der Waals surface area contributed by atoms with Crippen molar-refractivity contribution in [3.63, 3.8) is 0 Å². The second-order valence-corrected chi connectivity index (χ2v) is 6.87. The monoisotopic (exact) mass is 319 g/mol. The van der Waals surface area contributed by atoms with E-state index in [0.29, 0.717) is 11.6 Å². The number of nitrogens with zero attached hydrogens (tertiary/aromatic N) is 3. The molecule has 2 amide bonds. The van der Waals surface area contributed by atoms with E-state index in [0.717, 1.165) is 39.0 Å². The zero-order chi connectivity index (χ0) is 16.4. The lowest BCUT2D eigenvalue weighted by Gasteiger charge is -2.21. The third-order valence-electron chi connectivity index (χ3n) is 4.44. The first kappa shape index (κ1) is 16.0. The van der Waals surface area contributed by atoms with Gasteiger partial charge in [-0.3, -0.25) is 19.2 Å². The van der Waals surface area contributed by atoms with E-state index in [4.69, 9.17) is 0 Å². The molecule has 2 aliphatic rings. The van der Waals surface area contributed by atoms with Crippen molar-refractivity contribution < 1.29 is 9.59 Å². The van der Waals surface area contributed by atoms with Crippen LogP contribution in [0.15, 0.2) is 12.3 Å². The zero-order valence-electron chi connectivity index (χ0n) is 13.8. The lowest BCUT2D eigenvalue weighted by Crippen LogP contribution is -2.42. The molecule has 0 aliphatic carbocycles. The van der Waals surface area contributed by atoms with Gasteiger partial charge < -0.3 is 10.6 Å². The van der Waals surface area contributed by atoms with Gasteiger partial charge in [-0.1, -0.05) is 13.8 Å². The summed E-state index contributed by atoms with van der Waals surface area (Å²) in [6.07, 6.45) is 3.58. The van der Waals surface area contributed by atoms with E-state index < -0.39 is 0 Å². The Labute approximate surface area is 136 Å². The van der Waals surface area contributed by atoms with Gasteiger partial charge in [0.05, 0.1) is 6.04 Å². The molecule has 0 spiro atoms. The second-order valence-electron chi connectivity index (χ2n) is 6.87. The number of carbonyl (C=O) groups is 2. The Hall–Kier alpha value is -1.89. The summed E-state index contributed by atoms with van der Waals surface area (Å²) in [6, 6.07) is 1.82. The van der Waals surface area contributed by atoms with Gasteiger partial charge in [-0.05, 0) is 24.8 Å². The lowest BCUT2D eigenvalue weighted by atomic mass is 10.2. The number of aromatic nitrogens is 2. The summed E-state index contributed by atoms with van der Waals surface area (Å²) in [5.41, 5.74) is 0.461. The Kier molecular flexibility index (Phi) is 4.66. The SMILES string of the molecule is CC(C)Cn1ccc(C(=O)NC2CCN(C3CCNC3=O)C2)n1. The summed E-state index contributed by atoms with van der Waals surface area (Å²) in [6.45, 7) is 7.38. The molecular formula is C16H25N5O2. The fourth-order valence-electron chi connectivity index (χ4n) is 3.34. The summed E-state index contributed by atoms with van der Waals surface area (Å²) in [5.74, 6) is 0.478. The first-order valence-corrected chi connectivity index (χ1v) is 8.39. The maximum atomic E-state index is 12.3. The molecule has 3 rings (SSSR count). The van der Waals surface area contributed by atoms with Crippen molar-refractivity contribution in [3.8, 4) is 0 Å². The highest BCUT2D eigenvalue weighted by Gasteiger charge is 2.35. The van der Waals surface area contributed by atoms with Crippen LogP contribution in [0.25, 0.3) is 0 Å². The van der Waals surface area contributed by atoms with Crippen LogP contribution in [0.4, 0.5) is 0 Å². The minimum Gasteiger partial charge on any atom is -0.355 e. The van der Waals surface area contributed by atoms with Crippen LogP contribution in [0, 0.1) is 5.92 Å². The van der Waals surface area contributed by atoms with Gasteiger partial charge in [0.25, 0.3) is 5.91 Å². The fourth-order valence-corrected chi connectivity index (χ4v) is 3.34. The molecule has 126 valence electrons. The van der Waals surface area contributed by atoms with Crippen LogP contribution in [0.3, 0.4) is 0 Å². The van der Waals surface area contributed by atoms with E-state index >= 15 is 0 Å². The summed E-state index contributed by atoms with van der Waals surface area (Å²) >= 11 is 0. The van der Waals surface area contributed by atoms with Crippen molar-refractivity contribution in [2.45, 2.75) is 45.3 Å². The molecule has 2 aliphatic heterocycles. The quantitative estimate of drug-likeness (QED) is 0.814. The molecule has 7 nitrogen and oxygen atoms in total. The third-order valence-corrected chi connectivity index (χ3v) is 4.44. The minimum atomic E-state index is -0.129. The van der Waals surface area contributed by atoms with E-state index in [2.05, 4.69) is 34.5 Å². The first-order valence-electron chi connectivity index (χ1n) is 8.39. The van der Waals surface area contributed by atoms with Crippen molar-refractivity contribution >= 4 is 11.8 Å². The van der Waals surface area contributed by atoms with Gasteiger partial charge in [0.2, 0.25) is 5.91 Å². The summed E-state index contributed by atoms with van der Waals surface area (Å²) in [4.78, 5) is 26.2. The van der Waals surface area contributed by atoms with Crippen LogP contribution >= 0.6 is 0 Å². The molecule has 7 heteroatoms. The van der Waals surface area contributed by atoms with Gasteiger partial charge in [0.15, 0.2) is 0 Å². The molecule has 2 saturated heterocycles. The molecule has 2 fully saturated rings. The average Bonchev–Trinajstić information content (AvgIpc) is 3.19. The van der Waals surface area contributed by atoms with E-state index in [-0.39, 0.29) is 23.9 Å². The van der Waals surface area contributed by atoms with Gasteiger partial charge >= 0.3 is 0 Å². The average molecular weight is 319 g/mol. The van der Waals surface area contributed by atoms with Crippen LogP contribution in [0.1, 0.15) is 37.2 Å². The van der Waals surface area contributed by atoms with E-state index in [9.17, 15) is 9.59 Å². The Morgan fingerprint density at radius 3 is 3.00 bits per heavy atom. The summed E-state index contributed by atoms with van der Waals surface area (Å²) < 4.78 is 1.81. The number of hydrogen-bond acceptors (Lipinski definition) is 4. The Morgan fingerprint density at radius 2 is 2.30 bits per heavy atom. The molecule has 0 bridgehead atoms. The van der Waals surface area contributed by atoms with Gasteiger partial charge in [-0.15, -0.1) is 0 Å². The van der Waals surface area contributed by atoms with Gasteiger partial charge in [0, 0.05) is 38.4 Å². The van der Waals surface area contributed by atoms with Crippen LogP contribution in [-0.4, -0.2) is 58.2 Å². The zero-order valence-corrected chi connectivity index (χ0v) is 13.8. The number of likely N-dealkylation sites (tertiary alicyclic amines) is 1. The van der Waals surface area contributed by atoms with Crippen molar-refractivity contribution in [3.05, 3.63) is 18.0 Å². The molecule has 2 N–H and O–H groups in total. The topological polar surface area (TPSA) is 79.3 Å². The largest absolute Gasteiger partial charge is 0.355 e. The molecule has 0 saturated carbocycles. The fraction of sp³-hybridized carbons (Fsp3) is 0.688. The van der Waals surface area contributed by atoms with Crippen LogP contribution < -0.4 is 10.6 Å². The van der Waals surface area contributed by atoms with Gasteiger partial charge in [-0.2, -0.15) is 5.10 Å². The van der Waals surface area contributed by atoms with E-state index in [1.807, 2.05) is 10.9 Å². The Bertz CT molecular complexity index is 583. The molecule has 1 aromatic heterocycles. The van der Waals surface area contributed by atoms with Crippen LogP contribution in [0.5, 0.6) is 0 Å². The number of rotatable bonds is 5. The predicted octanol–water partition coefficient (Wildman–Crippen LogP) is 0.232. The molecule has 23 heavy (non-hydrogen) atoms. The smallest absolute Gasteiger partial charge is 0.272 e. The molecule has 2 atom stereocenters. The lowest BCUT2D eigenvalue weighted by molar-refractivity contribution is -0.123. The predicted molar refractivity (Wildman–Crippen MR) is 85.9 cm³/mol. The maximum absolute atomic E-state index is 12.3. The maximum Gasteiger partial charge on any atom is 0.272 e. The summed E-state index contributed by atoms with van der Waals surface area (Å²) in [5, 5.41) is 10.2. The molecular weight excluding hydrogens is 294 g/mol. The second kappa shape index (κ2) is 6.70. The van der Waals surface area contributed by atoms with E-state index in [1.165, 1.54) is 0 Å². The van der Waals surface area contributed by atoms with Crippen molar-refractivity contribution in [2.75, 3.05) is 19.6 Å². The van der Waals surface area contributed by atoms with E-state index in [1.54, 1.807) is 6.07 Å². The molecule has 3 heterocycles. The highest BCUT2D eigenvalue weighted by molar-refractivity contribution is 5.92. The van der Waals surface area contributed by atoms with Crippen molar-refractivity contribution in [1.82, 2.24) is 25.3 Å². The first-order chi connectivity index (χ1) is 11.0. The standard InChI is InChI=1S/C16H25N5O2/c1-11(2)9-21-8-5-13(19-21)15(22)18-12-4-7-20(10-12)14-3-6-17-16(14)23/h5,8,11-12,14H,3-4,6-7,9-10H2,1-2H3,(H,17,23)(H,18,22). The number of hydrogen-bond donors (Lipinski definition) is 2. The number of nitrogens with one attached hydrogen (secondary N) is 2. The van der Waals surface area contributed by atoms with Gasteiger partial charge in [0.1, 0.15) is 5.69 Å². The minimum absolute atomic E-state index is 0.0258. The van der Waals surface area contributed by atoms with Gasteiger partial charge in [-0.25, -0.2) is 0 Å². The van der Waals surface area contributed by atoms with Crippen molar-refractivity contribution in [2.24, 2.45) is 5.92 Å². The Morgan fingerprint density at radius 1 is 1.48 bits per heavy atom. The Balaban J connectivity index is 1.52. The van der Waals surface area contributed by atoms with Crippen molar-refractivity contribution in [1.29, 1.82) is 0 Å². The van der Waals surface area contributed by atoms with Crippen LogP contribution in [0.2, 0.25) is 0 Å².